The van der Waals surface area contributed by atoms with Gasteiger partial charge in [-0.15, -0.1) is 0 Å². The molecule has 1 aromatic rings. The summed E-state index contributed by atoms with van der Waals surface area (Å²) < 4.78 is 0. The van der Waals surface area contributed by atoms with E-state index >= 15 is 0 Å². The number of aromatic hydroxyl groups is 1. The van der Waals surface area contributed by atoms with Gasteiger partial charge in [-0.1, -0.05) is 12.1 Å². The van der Waals surface area contributed by atoms with E-state index in [0.717, 1.165) is 16.7 Å². The Kier molecular flexibility index (Phi) is 4.31. The van der Waals surface area contributed by atoms with Crippen molar-refractivity contribution in [1.82, 2.24) is 5.32 Å². The van der Waals surface area contributed by atoms with Crippen LogP contribution in [0.2, 0.25) is 0 Å². The summed E-state index contributed by atoms with van der Waals surface area (Å²) in [4.78, 5) is 10.5. The molecule has 0 aliphatic heterocycles. The molecule has 1 amide bonds. The quantitative estimate of drug-likeness (QED) is 0.650. The molecule has 0 saturated carbocycles. The predicted molar refractivity (Wildman–Crippen MR) is 63.1 cm³/mol. The second kappa shape index (κ2) is 5.51. The number of benzene rings is 1. The molecular weight excluding hydrogens is 204 g/mol. The summed E-state index contributed by atoms with van der Waals surface area (Å²) in [5, 5.41) is 12.7. The van der Waals surface area contributed by atoms with Gasteiger partial charge in [0.2, 0.25) is 5.91 Å². The number of aryl methyl sites for hydroxylation is 2. The summed E-state index contributed by atoms with van der Waals surface area (Å²) in [6.07, 6.45) is 0.343. The van der Waals surface area contributed by atoms with Crippen molar-refractivity contribution in [1.29, 1.82) is 0 Å². The Bertz CT molecular complexity index is 366. The van der Waals surface area contributed by atoms with E-state index in [4.69, 9.17) is 5.73 Å². The molecule has 0 aliphatic carbocycles. The van der Waals surface area contributed by atoms with Crippen molar-refractivity contribution < 1.29 is 9.90 Å². The van der Waals surface area contributed by atoms with E-state index in [1.807, 2.05) is 26.0 Å². The summed E-state index contributed by atoms with van der Waals surface area (Å²) in [6, 6.07) is 3.86. The van der Waals surface area contributed by atoms with Gasteiger partial charge in [-0.25, -0.2) is 0 Å². The molecule has 0 aromatic heterocycles. The maximum atomic E-state index is 10.5. The zero-order valence-corrected chi connectivity index (χ0v) is 9.71. The first-order valence-corrected chi connectivity index (χ1v) is 5.29. The second-order valence-corrected chi connectivity index (χ2v) is 3.97. The molecule has 0 spiro atoms. The van der Waals surface area contributed by atoms with E-state index in [2.05, 4.69) is 5.32 Å². The number of hydrogen-bond acceptors (Lipinski definition) is 3. The van der Waals surface area contributed by atoms with Gasteiger partial charge in [-0.3, -0.25) is 4.79 Å². The van der Waals surface area contributed by atoms with Gasteiger partial charge in [-0.05, 0) is 30.5 Å². The molecule has 0 bridgehead atoms. The normalized spacial score (nSPS) is 10.4. The first-order chi connectivity index (χ1) is 7.50. The third-order valence-electron chi connectivity index (χ3n) is 2.43. The standard InChI is InChI=1S/C12H18N2O2/c1-8-5-10(6-9(2)12(8)16)7-14-4-3-11(13)15/h5-6,14,16H,3-4,7H2,1-2H3,(H2,13,15). The maximum Gasteiger partial charge on any atom is 0.218 e. The topological polar surface area (TPSA) is 75.3 Å². The van der Waals surface area contributed by atoms with Crippen molar-refractivity contribution in [3.05, 3.63) is 28.8 Å². The van der Waals surface area contributed by atoms with Crippen LogP contribution in [-0.4, -0.2) is 17.6 Å². The molecule has 1 rings (SSSR count). The third-order valence-corrected chi connectivity index (χ3v) is 2.43. The van der Waals surface area contributed by atoms with Crippen LogP contribution in [-0.2, 0) is 11.3 Å². The lowest BCUT2D eigenvalue weighted by molar-refractivity contribution is -0.117. The SMILES string of the molecule is Cc1cc(CNCCC(N)=O)cc(C)c1O. The molecule has 4 nitrogen and oxygen atoms in total. The van der Waals surface area contributed by atoms with Crippen LogP contribution in [0.3, 0.4) is 0 Å². The number of primary amides is 1. The van der Waals surface area contributed by atoms with Gasteiger partial charge >= 0.3 is 0 Å². The minimum Gasteiger partial charge on any atom is -0.507 e. The van der Waals surface area contributed by atoms with Gasteiger partial charge in [-0.2, -0.15) is 0 Å². The number of nitrogens with two attached hydrogens (primary N) is 1. The van der Waals surface area contributed by atoms with Gasteiger partial charge in [0, 0.05) is 19.5 Å². The van der Waals surface area contributed by atoms with Gasteiger partial charge in [0.15, 0.2) is 0 Å². The van der Waals surface area contributed by atoms with Crippen LogP contribution in [0, 0.1) is 13.8 Å². The summed E-state index contributed by atoms with van der Waals surface area (Å²) >= 11 is 0. The molecule has 0 fully saturated rings. The van der Waals surface area contributed by atoms with Crippen molar-refractivity contribution in [3.8, 4) is 5.75 Å². The van der Waals surface area contributed by atoms with E-state index in [1.165, 1.54) is 0 Å². The van der Waals surface area contributed by atoms with Crippen molar-refractivity contribution in [2.75, 3.05) is 6.54 Å². The Morgan fingerprint density at radius 1 is 1.38 bits per heavy atom. The molecule has 4 heteroatoms. The van der Waals surface area contributed by atoms with Crippen LogP contribution < -0.4 is 11.1 Å². The minimum absolute atomic E-state index is 0.300. The number of hydrogen-bond donors (Lipinski definition) is 3. The lowest BCUT2D eigenvalue weighted by atomic mass is 10.1. The first-order valence-electron chi connectivity index (χ1n) is 5.29. The van der Waals surface area contributed by atoms with E-state index in [-0.39, 0.29) is 5.91 Å². The molecule has 0 atom stereocenters. The number of carbonyl (C=O) groups excluding carboxylic acids is 1. The highest BCUT2D eigenvalue weighted by atomic mass is 16.3. The third kappa shape index (κ3) is 3.55. The van der Waals surface area contributed by atoms with Crippen molar-refractivity contribution in [2.24, 2.45) is 5.73 Å². The molecule has 16 heavy (non-hydrogen) atoms. The number of carbonyl (C=O) groups is 1. The van der Waals surface area contributed by atoms with E-state index in [0.29, 0.717) is 25.3 Å². The van der Waals surface area contributed by atoms with Crippen molar-refractivity contribution in [3.63, 3.8) is 0 Å². The molecule has 0 unspecified atom stereocenters. The Hall–Kier alpha value is -1.55. The highest BCUT2D eigenvalue weighted by molar-refractivity contribution is 5.73. The highest BCUT2D eigenvalue weighted by Crippen LogP contribution is 2.22. The van der Waals surface area contributed by atoms with Crippen LogP contribution in [0.4, 0.5) is 0 Å². The monoisotopic (exact) mass is 222 g/mol. The summed E-state index contributed by atoms with van der Waals surface area (Å²) in [6.45, 7) is 4.99. The van der Waals surface area contributed by atoms with Gasteiger partial charge in [0.05, 0.1) is 0 Å². The molecule has 0 saturated heterocycles. The summed E-state index contributed by atoms with van der Waals surface area (Å²) in [5.74, 6) is 0.0476. The molecule has 88 valence electrons. The Morgan fingerprint density at radius 3 is 2.44 bits per heavy atom. The van der Waals surface area contributed by atoms with Gasteiger partial charge < -0.3 is 16.2 Å². The maximum absolute atomic E-state index is 10.5. The second-order valence-electron chi connectivity index (χ2n) is 3.97. The largest absolute Gasteiger partial charge is 0.507 e. The minimum atomic E-state index is -0.300. The summed E-state index contributed by atoms with van der Waals surface area (Å²) in [7, 11) is 0. The smallest absolute Gasteiger partial charge is 0.218 e. The number of nitrogens with one attached hydrogen (secondary N) is 1. The number of phenols is 1. The molecule has 0 radical (unpaired) electrons. The van der Waals surface area contributed by atoms with Crippen LogP contribution in [0.15, 0.2) is 12.1 Å². The number of amides is 1. The van der Waals surface area contributed by atoms with Crippen molar-refractivity contribution in [2.45, 2.75) is 26.8 Å². The van der Waals surface area contributed by atoms with Crippen LogP contribution in [0.25, 0.3) is 0 Å². The van der Waals surface area contributed by atoms with Crippen molar-refractivity contribution >= 4 is 5.91 Å². The molecular formula is C12H18N2O2. The van der Waals surface area contributed by atoms with Gasteiger partial charge in [0.1, 0.15) is 5.75 Å². The predicted octanol–water partition coefficient (Wildman–Crippen LogP) is 0.974. The van der Waals surface area contributed by atoms with E-state index < -0.39 is 0 Å². The van der Waals surface area contributed by atoms with Crippen LogP contribution in [0.1, 0.15) is 23.1 Å². The molecule has 1 aromatic carbocycles. The average molecular weight is 222 g/mol. The number of rotatable bonds is 5. The molecule has 0 heterocycles. The zero-order chi connectivity index (χ0) is 12.1. The van der Waals surface area contributed by atoms with E-state index in [1.54, 1.807) is 0 Å². The first kappa shape index (κ1) is 12.5. The van der Waals surface area contributed by atoms with E-state index in [9.17, 15) is 9.90 Å². The fourth-order valence-electron chi connectivity index (χ4n) is 1.59. The average Bonchev–Trinajstić information content (AvgIpc) is 2.20. The van der Waals surface area contributed by atoms with Gasteiger partial charge in [0.25, 0.3) is 0 Å². The fourth-order valence-corrected chi connectivity index (χ4v) is 1.59. The fraction of sp³-hybridized carbons (Fsp3) is 0.417. The highest BCUT2D eigenvalue weighted by Gasteiger charge is 2.03. The van der Waals surface area contributed by atoms with Crippen LogP contribution >= 0.6 is 0 Å². The lowest BCUT2D eigenvalue weighted by Gasteiger charge is -2.08. The Morgan fingerprint density at radius 2 is 1.94 bits per heavy atom. The number of phenolic OH excluding ortho intramolecular Hbond substituents is 1. The molecule has 0 aliphatic rings. The molecule has 4 N–H and O–H groups in total. The Labute approximate surface area is 95.5 Å². The zero-order valence-electron chi connectivity index (χ0n) is 9.71. The summed E-state index contributed by atoms with van der Waals surface area (Å²) in [5.41, 5.74) is 7.86. The van der Waals surface area contributed by atoms with Crippen LogP contribution in [0.5, 0.6) is 5.75 Å². The lowest BCUT2D eigenvalue weighted by Crippen LogP contribution is -2.21. The Balaban J connectivity index is 2.52.